The summed E-state index contributed by atoms with van der Waals surface area (Å²) in [5, 5.41) is 3.25. The van der Waals surface area contributed by atoms with Crippen LogP contribution >= 0.6 is 12.2 Å². The van der Waals surface area contributed by atoms with Crippen molar-refractivity contribution in [1.82, 2.24) is 10.3 Å². The number of methoxy groups -OCH3 is 1. The van der Waals surface area contributed by atoms with Crippen molar-refractivity contribution in [3.05, 3.63) is 59.9 Å². The molecule has 2 aromatic rings. The van der Waals surface area contributed by atoms with Gasteiger partial charge in [-0.3, -0.25) is 4.98 Å². The van der Waals surface area contributed by atoms with Gasteiger partial charge in [0, 0.05) is 24.5 Å². The minimum absolute atomic E-state index is 0.760. The Morgan fingerprint density at radius 1 is 1.16 bits per heavy atom. The Bertz CT molecular complexity index is 526. The van der Waals surface area contributed by atoms with Crippen molar-refractivity contribution in [3.8, 4) is 5.75 Å². The van der Waals surface area contributed by atoms with Gasteiger partial charge in [0.2, 0.25) is 0 Å². The summed E-state index contributed by atoms with van der Waals surface area (Å²) < 4.78 is 5.13. The van der Waals surface area contributed by atoms with E-state index in [0.717, 1.165) is 29.3 Å². The number of thiocarbonyl (C=S) groups is 1. The standard InChI is InChI=1S/C15H16N2OS/c1-18-14-4-2-12(3-5-14)6-11-17-15(19)13-7-9-16-10-8-13/h2-5,7-10H,6,11H2,1H3,(H,17,19). The lowest BCUT2D eigenvalue weighted by atomic mass is 10.1. The molecule has 98 valence electrons. The fourth-order valence-electron chi connectivity index (χ4n) is 1.72. The van der Waals surface area contributed by atoms with Crippen LogP contribution in [-0.4, -0.2) is 23.6 Å². The summed E-state index contributed by atoms with van der Waals surface area (Å²) in [5.74, 6) is 0.879. The van der Waals surface area contributed by atoms with Crippen LogP contribution in [0, 0.1) is 0 Å². The van der Waals surface area contributed by atoms with Gasteiger partial charge in [0.25, 0.3) is 0 Å². The maximum atomic E-state index is 5.32. The van der Waals surface area contributed by atoms with Crippen molar-refractivity contribution in [1.29, 1.82) is 0 Å². The van der Waals surface area contributed by atoms with Crippen molar-refractivity contribution < 1.29 is 4.74 Å². The van der Waals surface area contributed by atoms with Crippen molar-refractivity contribution >= 4 is 17.2 Å². The van der Waals surface area contributed by atoms with E-state index in [-0.39, 0.29) is 0 Å². The number of rotatable bonds is 5. The van der Waals surface area contributed by atoms with E-state index >= 15 is 0 Å². The van der Waals surface area contributed by atoms with Crippen LogP contribution in [0.4, 0.5) is 0 Å². The third-order valence-electron chi connectivity index (χ3n) is 2.80. The van der Waals surface area contributed by atoms with Crippen molar-refractivity contribution in [2.75, 3.05) is 13.7 Å². The Morgan fingerprint density at radius 2 is 1.84 bits per heavy atom. The van der Waals surface area contributed by atoms with E-state index < -0.39 is 0 Å². The van der Waals surface area contributed by atoms with E-state index in [9.17, 15) is 0 Å². The molecule has 1 aromatic carbocycles. The van der Waals surface area contributed by atoms with Crippen LogP contribution < -0.4 is 10.1 Å². The predicted octanol–water partition coefficient (Wildman–Crippen LogP) is 2.60. The van der Waals surface area contributed by atoms with E-state index in [1.165, 1.54) is 5.56 Å². The molecule has 19 heavy (non-hydrogen) atoms. The molecule has 0 aliphatic rings. The van der Waals surface area contributed by atoms with Gasteiger partial charge in [-0.2, -0.15) is 0 Å². The first-order valence-corrected chi connectivity index (χ1v) is 6.51. The molecule has 0 aliphatic heterocycles. The average Bonchev–Trinajstić information content (AvgIpc) is 2.49. The Hall–Kier alpha value is -1.94. The lowest BCUT2D eigenvalue weighted by Gasteiger charge is -2.08. The molecule has 0 unspecified atom stereocenters. The number of nitrogens with zero attached hydrogens (tertiary/aromatic N) is 1. The molecule has 1 aromatic heterocycles. The molecule has 0 radical (unpaired) electrons. The highest BCUT2D eigenvalue weighted by atomic mass is 32.1. The highest BCUT2D eigenvalue weighted by molar-refractivity contribution is 7.80. The lowest BCUT2D eigenvalue weighted by Crippen LogP contribution is -2.24. The van der Waals surface area contributed by atoms with Gasteiger partial charge in [0.05, 0.1) is 7.11 Å². The van der Waals surface area contributed by atoms with E-state index in [1.54, 1.807) is 19.5 Å². The molecule has 0 aliphatic carbocycles. The lowest BCUT2D eigenvalue weighted by molar-refractivity contribution is 0.414. The molecular formula is C15H16N2OS. The number of hydrogen-bond donors (Lipinski definition) is 1. The van der Waals surface area contributed by atoms with Crippen LogP contribution in [0.2, 0.25) is 0 Å². The first-order valence-electron chi connectivity index (χ1n) is 6.11. The second-order valence-electron chi connectivity index (χ2n) is 4.09. The summed E-state index contributed by atoms with van der Waals surface area (Å²) >= 11 is 5.32. The fraction of sp³-hybridized carbons (Fsp3) is 0.200. The quantitative estimate of drug-likeness (QED) is 0.848. The summed E-state index contributed by atoms with van der Waals surface area (Å²) in [5.41, 5.74) is 2.26. The minimum atomic E-state index is 0.760. The molecule has 0 fully saturated rings. The smallest absolute Gasteiger partial charge is 0.118 e. The predicted molar refractivity (Wildman–Crippen MR) is 80.6 cm³/mol. The van der Waals surface area contributed by atoms with Gasteiger partial charge in [-0.15, -0.1) is 0 Å². The average molecular weight is 272 g/mol. The third-order valence-corrected chi connectivity index (χ3v) is 3.18. The normalized spacial score (nSPS) is 9.95. The Balaban J connectivity index is 1.81. The van der Waals surface area contributed by atoms with Gasteiger partial charge in [-0.05, 0) is 36.2 Å². The second kappa shape index (κ2) is 6.85. The zero-order chi connectivity index (χ0) is 13.5. The summed E-state index contributed by atoms with van der Waals surface area (Å²) in [7, 11) is 1.67. The zero-order valence-corrected chi connectivity index (χ0v) is 11.6. The van der Waals surface area contributed by atoms with Gasteiger partial charge >= 0.3 is 0 Å². The van der Waals surface area contributed by atoms with Gasteiger partial charge in [0.15, 0.2) is 0 Å². The molecule has 1 N–H and O–H groups in total. The Labute approximate surface area is 118 Å². The fourth-order valence-corrected chi connectivity index (χ4v) is 1.96. The largest absolute Gasteiger partial charge is 0.497 e. The first kappa shape index (κ1) is 13.5. The Morgan fingerprint density at radius 3 is 2.47 bits per heavy atom. The van der Waals surface area contributed by atoms with Gasteiger partial charge in [0.1, 0.15) is 10.7 Å². The number of benzene rings is 1. The van der Waals surface area contributed by atoms with Crippen molar-refractivity contribution in [2.24, 2.45) is 0 Å². The highest BCUT2D eigenvalue weighted by Crippen LogP contribution is 2.11. The molecule has 0 atom stereocenters. The molecule has 3 nitrogen and oxygen atoms in total. The molecule has 0 bridgehead atoms. The number of nitrogens with one attached hydrogen (secondary N) is 1. The summed E-state index contributed by atoms with van der Waals surface area (Å²) in [6.45, 7) is 0.813. The van der Waals surface area contributed by atoms with E-state index in [1.807, 2.05) is 24.3 Å². The summed E-state index contributed by atoms with van der Waals surface area (Å²) in [4.78, 5) is 4.73. The number of aromatic nitrogens is 1. The van der Waals surface area contributed by atoms with Gasteiger partial charge < -0.3 is 10.1 Å². The maximum Gasteiger partial charge on any atom is 0.118 e. The number of pyridine rings is 1. The SMILES string of the molecule is COc1ccc(CCNC(=S)c2ccncc2)cc1. The molecule has 4 heteroatoms. The van der Waals surface area contributed by atoms with Crippen LogP contribution in [0.25, 0.3) is 0 Å². The number of ether oxygens (including phenoxy) is 1. The van der Waals surface area contributed by atoms with Gasteiger partial charge in [-0.25, -0.2) is 0 Å². The van der Waals surface area contributed by atoms with Crippen molar-refractivity contribution in [2.45, 2.75) is 6.42 Å². The molecule has 0 saturated carbocycles. The minimum Gasteiger partial charge on any atom is -0.497 e. The number of hydrogen-bond acceptors (Lipinski definition) is 3. The third kappa shape index (κ3) is 4.03. The van der Waals surface area contributed by atoms with E-state index in [4.69, 9.17) is 17.0 Å². The van der Waals surface area contributed by atoms with E-state index in [0.29, 0.717) is 0 Å². The monoisotopic (exact) mass is 272 g/mol. The summed E-state index contributed by atoms with van der Waals surface area (Å²) in [6, 6.07) is 11.9. The second-order valence-corrected chi connectivity index (χ2v) is 4.50. The van der Waals surface area contributed by atoms with Crippen LogP contribution in [0.1, 0.15) is 11.1 Å². The van der Waals surface area contributed by atoms with Crippen LogP contribution in [0.15, 0.2) is 48.8 Å². The zero-order valence-electron chi connectivity index (χ0n) is 10.8. The Kier molecular flexibility index (Phi) is 4.86. The molecule has 0 amide bonds. The molecule has 2 rings (SSSR count). The maximum absolute atomic E-state index is 5.32. The van der Waals surface area contributed by atoms with Crippen molar-refractivity contribution in [3.63, 3.8) is 0 Å². The molecular weight excluding hydrogens is 256 g/mol. The molecule has 0 saturated heterocycles. The summed E-state index contributed by atoms with van der Waals surface area (Å²) in [6.07, 6.45) is 4.41. The molecule has 1 heterocycles. The topological polar surface area (TPSA) is 34.1 Å². The van der Waals surface area contributed by atoms with Crippen LogP contribution in [0.5, 0.6) is 5.75 Å². The highest BCUT2D eigenvalue weighted by Gasteiger charge is 2.00. The van der Waals surface area contributed by atoms with E-state index in [2.05, 4.69) is 22.4 Å². The van der Waals surface area contributed by atoms with Gasteiger partial charge in [-0.1, -0.05) is 24.4 Å². The molecule has 0 spiro atoms. The first-order chi connectivity index (χ1) is 9.29. The van der Waals surface area contributed by atoms with Crippen LogP contribution in [0.3, 0.4) is 0 Å². The van der Waals surface area contributed by atoms with Crippen LogP contribution in [-0.2, 0) is 6.42 Å².